The summed E-state index contributed by atoms with van der Waals surface area (Å²) in [5, 5.41) is 3.92. The van der Waals surface area contributed by atoms with Crippen molar-refractivity contribution in [1.29, 1.82) is 0 Å². The van der Waals surface area contributed by atoms with Crippen LogP contribution in [-0.4, -0.2) is 0 Å². The largest absolute Gasteiger partial charge is 0.150 e. The van der Waals surface area contributed by atoms with E-state index in [4.69, 9.17) is 6.42 Å². The maximum Gasteiger partial charge on any atom is 0.0512 e. The smallest absolute Gasteiger partial charge is 0.0512 e. The van der Waals surface area contributed by atoms with E-state index in [0.29, 0.717) is 0 Å². The summed E-state index contributed by atoms with van der Waals surface area (Å²) in [6, 6.07) is 9.88. The van der Waals surface area contributed by atoms with E-state index < -0.39 is 0 Å². The number of hydrogen-bond acceptors (Lipinski definition) is 1. The highest BCUT2D eigenvalue weighted by Crippen LogP contribution is 2.12. The zero-order valence-corrected chi connectivity index (χ0v) is 8.84. The van der Waals surface area contributed by atoms with Crippen LogP contribution in [0, 0.1) is 24.2 Å². The first kappa shape index (κ1) is 9.59. The SMILES string of the molecule is C#Cc1cscc1C#Cc1ccccc1. The van der Waals surface area contributed by atoms with Crippen LogP contribution in [0.4, 0.5) is 0 Å². The fourth-order valence-corrected chi connectivity index (χ4v) is 1.89. The zero-order chi connectivity index (χ0) is 10.5. The summed E-state index contributed by atoms with van der Waals surface area (Å²) in [6.07, 6.45) is 5.35. The van der Waals surface area contributed by atoms with Crippen molar-refractivity contribution in [3.8, 4) is 24.2 Å². The third-order valence-electron chi connectivity index (χ3n) is 1.93. The van der Waals surface area contributed by atoms with Gasteiger partial charge in [0.15, 0.2) is 0 Å². The second-order valence-electron chi connectivity index (χ2n) is 2.96. The van der Waals surface area contributed by atoms with E-state index in [1.54, 1.807) is 11.3 Å². The Morgan fingerprint density at radius 2 is 1.67 bits per heavy atom. The van der Waals surface area contributed by atoms with Gasteiger partial charge in [-0.15, -0.1) is 17.8 Å². The summed E-state index contributed by atoms with van der Waals surface area (Å²) in [4.78, 5) is 0. The van der Waals surface area contributed by atoms with Crippen LogP contribution in [0.5, 0.6) is 0 Å². The molecule has 0 saturated carbocycles. The van der Waals surface area contributed by atoms with E-state index in [1.807, 2.05) is 41.1 Å². The normalized spacial score (nSPS) is 8.73. The van der Waals surface area contributed by atoms with Crippen LogP contribution in [-0.2, 0) is 0 Å². The Bertz CT molecular complexity index is 544. The second kappa shape index (κ2) is 4.51. The molecule has 0 nitrogen and oxygen atoms in total. The third-order valence-corrected chi connectivity index (χ3v) is 2.68. The van der Waals surface area contributed by atoms with Gasteiger partial charge in [0.1, 0.15) is 0 Å². The molecule has 2 rings (SSSR count). The quantitative estimate of drug-likeness (QED) is 0.583. The van der Waals surface area contributed by atoms with Gasteiger partial charge in [-0.3, -0.25) is 0 Å². The topological polar surface area (TPSA) is 0 Å². The minimum Gasteiger partial charge on any atom is -0.150 e. The number of terminal acetylenes is 1. The molecule has 0 aliphatic carbocycles. The highest BCUT2D eigenvalue weighted by molar-refractivity contribution is 7.08. The van der Waals surface area contributed by atoms with Gasteiger partial charge in [0.2, 0.25) is 0 Å². The molecule has 1 heterocycles. The Kier molecular flexibility index (Phi) is 2.88. The summed E-state index contributed by atoms with van der Waals surface area (Å²) in [7, 11) is 0. The minimum absolute atomic E-state index is 0.878. The molecule has 0 unspecified atom stereocenters. The van der Waals surface area contributed by atoms with Crippen molar-refractivity contribution < 1.29 is 0 Å². The maximum atomic E-state index is 5.35. The van der Waals surface area contributed by atoms with Gasteiger partial charge < -0.3 is 0 Å². The van der Waals surface area contributed by atoms with Crippen molar-refractivity contribution >= 4 is 11.3 Å². The number of rotatable bonds is 0. The second-order valence-corrected chi connectivity index (χ2v) is 3.70. The highest BCUT2D eigenvalue weighted by Gasteiger charge is 1.95. The van der Waals surface area contributed by atoms with Gasteiger partial charge in [-0.25, -0.2) is 0 Å². The van der Waals surface area contributed by atoms with Crippen molar-refractivity contribution in [1.82, 2.24) is 0 Å². The Balaban J connectivity index is 2.31. The van der Waals surface area contributed by atoms with Crippen LogP contribution in [0.3, 0.4) is 0 Å². The average molecular weight is 208 g/mol. The minimum atomic E-state index is 0.878. The standard InChI is InChI=1S/C14H8S/c1-2-13-10-15-11-14(13)9-8-12-6-4-3-5-7-12/h1,3-7,10-11H. The van der Waals surface area contributed by atoms with E-state index in [0.717, 1.165) is 16.7 Å². The first-order valence-electron chi connectivity index (χ1n) is 4.50. The van der Waals surface area contributed by atoms with Gasteiger partial charge >= 0.3 is 0 Å². The molecule has 0 aliphatic heterocycles. The first-order valence-corrected chi connectivity index (χ1v) is 5.44. The first-order chi connectivity index (χ1) is 7.40. The van der Waals surface area contributed by atoms with Gasteiger partial charge in [-0.1, -0.05) is 36.0 Å². The fraction of sp³-hybridized carbons (Fsp3) is 0. The molecule has 0 bridgehead atoms. The molecule has 15 heavy (non-hydrogen) atoms. The third kappa shape index (κ3) is 2.29. The Morgan fingerprint density at radius 1 is 0.933 bits per heavy atom. The molecule has 2 aromatic rings. The van der Waals surface area contributed by atoms with E-state index in [9.17, 15) is 0 Å². The summed E-state index contributed by atoms with van der Waals surface area (Å²) < 4.78 is 0. The molecule has 70 valence electrons. The Hall–Kier alpha value is -1.96. The van der Waals surface area contributed by atoms with Gasteiger partial charge in [-0.2, -0.15) is 0 Å². The van der Waals surface area contributed by atoms with Gasteiger partial charge in [0.05, 0.1) is 11.1 Å². The van der Waals surface area contributed by atoms with Crippen LogP contribution in [0.25, 0.3) is 0 Å². The molecular weight excluding hydrogens is 200 g/mol. The lowest BCUT2D eigenvalue weighted by Gasteiger charge is -1.87. The molecule has 0 saturated heterocycles. The lowest BCUT2D eigenvalue weighted by molar-refractivity contribution is 1.64. The number of benzene rings is 1. The van der Waals surface area contributed by atoms with Crippen molar-refractivity contribution in [2.24, 2.45) is 0 Å². The highest BCUT2D eigenvalue weighted by atomic mass is 32.1. The van der Waals surface area contributed by atoms with E-state index in [2.05, 4.69) is 17.8 Å². The predicted octanol–water partition coefficient (Wildman–Crippen LogP) is 3.13. The molecule has 1 heteroatoms. The van der Waals surface area contributed by atoms with Crippen molar-refractivity contribution in [3.05, 3.63) is 57.8 Å². The molecule has 0 N–H and O–H groups in total. The van der Waals surface area contributed by atoms with Gasteiger partial charge in [0, 0.05) is 16.3 Å². The van der Waals surface area contributed by atoms with E-state index in [-0.39, 0.29) is 0 Å². The zero-order valence-electron chi connectivity index (χ0n) is 8.03. The predicted molar refractivity (Wildman–Crippen MR) is 64.7 cm³/mol. The van der Waals surface area contributed by atoms with Crippen LogP contribution in [0.1, 0.15) is 16.7 Å². The van der Waals surface area contributed by atoms with Gasteiger partial charge in [0.25, 0.3) is 0 Å². The Morgan fingerprint density at radius 3 is 2.40 bits per heavy atom. The van der Waals surface area contributed by atoms with Crippen LogP contribution in [0.15, 0.2) is 41.1 Å². The lowest BCUT2D eigenvalue weighted by Crippen LogP contribution is -1.75. The molecule has 0 aliphatic rings. The monoisotopic (exact) mass is 208 g/mol. The maximum absolute atomic E-state index is 5.35. The van der Waals surface area contributed by atoms with Crippen LogP contribution < -0.4 is 0 Å². The van der Waals surface area contributed by atoms with Crippen molar-refractivity contribution in [3.63, 3.8) is 0 Å². The van der Waals surface area contributed by atoms with E-state index >= 15 is 0 Å². The average Bonchev–Trinajstić information content (AvgIpc) is 2.75. The molecule has 0 radical (unpaired) electrons. The number of hydrogen-bond donors (Lipinski definition) is 0. The van der Waals surface area contributed by atoms with E-state index in [1.165, 1.54) is 0 Å². The fourth-order valence-electron chi connectivity index (χ4n) is 1.17. The molecular formula is C14H8S. The molecule has 0 amide bonds. The molecule has 0 fully saturated rings. The summed E-state index contributed by atoms with van der Waals surface area (Å²) in [5.41, 5.74) is 2.82. The molecule has 0 atom stereocenters. The molecule has 1 aromatic heterocycles. The molecule has 1 aromatic carbocycles. The van der Waals surface area contributed by atoms with Crippen molar-refractivity contribution in [2.75, 3.05) is 0 Å². The van der Waals surface area contributed by atoms with Crippen molar-refractivity contribution in [2.45, 2.75) is 0 Å². The van der Waals surface area contributed by atoms with Gasteiger partial charge in [-0.05, 0) is 12.1 Å². The lowest BCUT2D eigenvalue weighted by atomic mass is 10.2. The summed E-state index contributed by atoms with van der Waals surface area (Å²) >= 11 is 1.58. The molecule has 0 spiro atoms. The summed E-state index contributed by atoms with van der Waals surface area (Å²) in [5.74, 6) is 8.78. The van der Waals surface area contributed by atoms with Crippen LogP contribution >= 0.6 is 11.3 Å². The number of thiophene rings is 1. The summed E-state index contributed by atoms with van der Waals surface area (Å²) in [6.45, 7) is 0. The Labute approximate surface area is 93.6 Å². The van der Waals surface area contributed by atoms with Crippen LogP contribution in [0.2, 0.25) is 0 Å².